The average molecular weight is 580 g/mol. The Labute approximate surface area is 263 Å². The molecule has 0 saturated heterocycles. The highest BCUT2D eigenvalue weighted by Crippen LogP contribution is 2.41. The van der Waals surface area contributed by atoms with Crippen molar-refractivity contribution in [3.8, 4) is 11.1 Å². The van der Waals surface area contributed by atoms with Gasteiger partial charge in [0.05, 0.1) is 0 Å². The van der Waals surface area contributed by atoms with Crippen LogP contribution in [0.5, 0.6) is 0 Å². The molecule has 45 heavy (non-hydrogen) atoms. The molecule has 0 aliphatic carbocycles. The Morgan fingerprint density at radius 1 is 0.422 bits per heavy atom. The molecule has 0 aliphatic heterocycles. The molecule has 1 aromatic heterocycles. The van der Waals surface area contributed by atoms with E-state index in [1.807, 2.05) is 12.1 Å². The summed E-state index contributed by atoms with van der Waals surface area (Å²) in [7, 11) is 0. The zero-order chi connectivity index (χ0) is 30.4. The number of fused-ring (bicyclic) bond motifs is 4. The predicted octanol–water partition coefficient (Wildman–Crippen LogP) is 12.2. The highest BCUT2D eigenvalue weighted by atomic mass is 16.3. The second-order valence-corrected chi connectivity index (χ2v) is 12.3. The molecule has 0 aliphatic rings. The smallest absolute Gasteiger partial charge is 0.137 e. The van der Waals surface area contributed by atoms with Gasteiger partial charge in [-0.1, -0.05) is 129 Å². The molecule has 0 fully saturated rings. The van der Waals surface area contributed by atoms with Gasteiger partial charge in [0.15, 0.2) is 0 Å². The van der Waals surface area contributed by atoms with Gasteiger partial charge in [-0.2, -0.15) is 0 Å². The molecule has 0 radical (unpaired) electrons. The summed E-state index contributed by atoms with van der Waals surface area (Å²) in [6.45, 7) is 4.61. The normalized spacial score (nSPS) is 11.8. The Hall–Kier alpha value is -5.60. The van der Waals surface area contributed by atoms with E-state index in [-0.39, 0.29) is 5.41 Å². The predicted molar refractivity (Wildman–Crippen MR) is 190 cm³/mol. The molecule has 0 bridgehead atoms. The number of benzene rings is 7. The van der Waals surface area contributed by atoms with E-state index in [1.165, 1.54) is 33.0 Å². The van der Waals surface area contributed by atoms with Gasteiger partial charge >= 0.3 is 0 Å². The number of hydrogen-bond donors (Lipinski definition) is 0. The zero-order valence-corrected chi connectivity index (χ0v) is 25.4. The summed E-state index contributed by atoms with van der Waals surface area (Å²) in [5, 5.41) is 4.80. The first-order valence-corrected chi connectivity index (χ1v) is 15.5. The van der Waals surface area contributed by atoms with Crippen molar-refractivity contribution in [3.05, 3.63) is 175 Å². The number of anilines is 3. The molecule has 0 N–H and O–H groups in total. The molecule has 7 aromatic carbocycles. The molecule has 2 nitrogen and oxygen atoms in total. The lowest BCUT2D eigenvalue weighted by Crippen LogP contribution is -2.19. The van der Waals surface area contributed by atoms with E-state index >= 15 is 0 Å². The van der Waals surface area contributed by atoms with Gasteiger partial charge in [0.2, 0.25) is 0 Å². The topological polar surface area (TPSA) is 16.4 Å². The summed E-state index contributed by atoms with van der Waals surface area (Å²) >= 11 is 0. The molecule has 216 valence electrons. The Morgan fingerprint density at radius 2 is 1.00 bits per heavy atom. The Balaban J connectivity index is 1.21. The van der Waals surface area contributed by atoms with Gasteiger partial charge in [0.25, 0.3) is 0 Å². The minimum Gasteiger partial charge on any atom is -0.456 e. The molecule has 0 saturated carbocycles. The van der Waals surface area contributed by atoms with E-state index in [0.29, 0.717) is 0 Å². The van der Waals surface area contributed by atoms with Gasteiger partial charge < -0.3 is 9.32 Å². The lowest BCUT2D eigenvalue weighted by Gasteiger charge is -2.29. The summed E-state index contributed by atoms with van der Waals surface area (Å²) in [5.74, 6) is 0. The summed E-state index contributed by atoms with van der Waals surface area (Å²) in [4.78, 5) is 2.31. The third-order valence-corrected chi connectivity index (χ3v) is 9.17. The molecular formula is C43H33NO. The first kappa shape index (κ1) is 27.0. The first-order valence-electron chi connectivity index (χ1n) is 15.5. The standard InChI is InChI=1S/C43H33NO/c1-43(2,35-19-16-31-12-6-7-13-33(31)28-35)34-20-24-37(25-21-34)44(36-22-17-32(18-23-36)30-10-4-3-5-11-30)38-26-27-40-39-14-8-9-15-41(39)45-42(40)29-38/h3-29H,1-2H3. The van der Waals surface area contributed by atoms with Crippen LogP contribution in [0, 0.1) is 0 Å². The van der Waals surface area contributed by atoms with Crippen LogP contribution in [0.25, 0.3) is 43.8 Å². The van der Waals surface area contributed by atoms with Gasteiger partial charge in [-0.05, 0) is 75.5 Å². The van der Waals surface area contributed by atoms with E-state index in [1.54, 1.807) is 0 Å². The number of nitrogens with zero attached hydrogens (tertiary/aromatic N) is 1. The number of rotatable bonds is 6. The van der Waals surface area contributed by atoms with Crippen molar-refractivity contribution >= 4 is 49.8 Å². The van der Waals surface area contributed by atoms with Crippen molar-refractivity contribution in [1.82, 2.24) is 0 Å². The molecule has 2 heteroatoms. The molecule has 0 atom stereocenters. The van der Waals surface area contributed by atoms with Crippen LogP contribution in [0.1, 0.15) is 25.0 Å². The van der Waals surface area contributed by atoms with Crippen molar-refractivity contribution < 1.29 is 4.42 Å². The van der Waals surface area contributed by atoms with Crippen LogP contribution in [0.2, 0.25) is 0 Å². The third-order valence-electron chi connectivity index (χ3n) is 9.17. The number of para-hydroxylation sites is 1. The molecule has 0 amide bonds. The summed E-state index contributed by atoms with van der Waals surface area (Å²) < 4.78 is 6.31. The van der Waals surface area contributed by atoms with E-state index < -0.39 is 0 Å². The molecule has 0 spiro atoms. The Kier molecular flexibility index (Phi) is 6.50. The molecule has 8 aromatic rings. The largest absolute Gasteiger partial charge is 0.456 e. The fraction of sp³-hybridized carbons (Fsp3) is 0.0698. The minimum atomic E-state index is -0.155. The second-order valence-electron chi connectivity index (χ2n) is 12.3. The highest BCUT2D eigenvalue weighted by Gasteiger charge is 2.24. The Bertz CT molecular complexity index is 2280. The number of hydrogen-bond acceptors (Lipinski definition) is 2. The van der Waals surface area contributed by atoms with Crippen LogP contribution >= 0.6 is 0 Å². The van der Waals surface area contributed by atoms with Crippen LogP contribution in [0.3, 0.4) is 0 Å². The van der Waals surface area contributed by atoms with Gasteiger partial charge in [-0.3, -0.25) is 0 Å². The van der Waals surface area contributed by atoms with E-state index in [0.717, 1.165) is 39.0 Å². The van der Waals surface area contributed by atoms with Crippen LogP contribution in [0.4, 0.5) is 17.1 Å². The van der Waals surface area contributed by atoms with Gasteiger partial charge in [0.1, 0.15) is 11.2 Å². The van der Waals surface area contributed by atoms with E-state index in [4.69, 9.17) is 4.42 Å². The van der Waals surface area contributed by atoms with Gasteiger partial charge in [-0.25, -0.2) is 0 Å². The fourth-order valence-electron chi connectivity index (χ4n) is 6.51. The maximum Gasteiger partial charge on any atom is 0.137 e. The van der Waals surface area contributed by atoms with Crippen molar-refractivity contribution in [2.24, 2.45) is 0 Å². The monoisotopic (exact) mass is 579 g/mol. The SMILES string of the molecule is CC(C)(c1ccc(N(c2ccc(-c3ccccc3)cc2)c2ccc3c(c2)oc2ccccc23)cc1)c1ccc2ccccc2c1. The lowest BCUT2D eigenvalue weighted by molar-refractivity contribution is 0.642. The summed E-state index contributed by atoms with van der Waals surface area (Å²) in [6.07, 6.45) is 0. The maximum absolute atomic E-state index is 6.31. The fourth-order valence-corrected chi connectivity index (χ4v) is 6.51. The van der Waals surface area contributed by atoms with Crippen LogP contribution < -0.4 is 4.90 Å². The van der Waals surface area contributed by atoms with Crippen molar-refractivity contribution in [2.75, 3.05) is 4.90 Å². The van der Waals surface area contributed by atoms with Gasteiger partial charge in [-0.15, -0.1) is 0 Å². The van der Waals surface area contributed by atoms with E-state index in [2.05, 4.69) is 170 Å². The molecular weight excluding hydrogens is 546 g/mol. The minimum absolute atomic E-state index is 0.155. The van der Waals surface area contributed by atoms with E-state index in [9.17, 15) is 0 Å². The molecule has 0 unspecified atom stereocenters. The number of furan rings is 1. The Morgan fingerprint density at radius 3 is 1.78 bits per heavy atom. The maximum atomic E-state index is 6.31. The quantitative estimate of drug-likeness (QED) is 0.195. The molecule has 1 heterocycles. The summed E-state index contributed by atoms with van der Waals surface area (Å²) in [6, 6.07) is 58.5. The van der Waals surface area contributed by atoms with Crippen LogP contribution in [0.15, 0.2) is 168 Å². The van der Waals surface area contributed by atoms with Crippen LogP contribution in [-0.2, 0) is 5.41 Å². The zero-order valence-electron chi connectivity index (χ0n) is 25.4. The van der Waals surface area contributed by atoms with Gasteiger partial charge in [0, 0.05) is 39.3 Å². The summed E-state index contributed by atoms with van der Waals surface area (Å²) in [5.41, 5.74) is 9.85. The van der Waals surface area contributed by atoms with Crippen molar-refractivity contribution in [3.63, 3.8) is 0 Å². The van der Waals surface area contributed by atoms with Crippen LogP contribution in [-0.4, -0.2) is 0 Å². The highest BCUT2D eigenvalue weighted by molar-refractivity contribution is 6.06. The molecule has 8 rings (SSSR count). The first-order chi connectivity index (χ1) is 22.0. The average Bonchev–Trinajstić information content (AvgIpc) is 3.47. The second kappa shape index (κ2) is 10.8. The third kappa shape index (κ3) is 4.85. The lowest BCUT2D eigenvalue weighted by atomic mass is 9.77. The van der Waals surface area contributed by atoms with Crippen molar-refractivity contribution in [2.45, 2.75) is 19.3 Å². The van der Waals surface area contributed by atoms with Crippen molar-refractivity contribution in [1.29, 1.82) is 0 Å².